The van der Waals surface area contributed by atoms with E-state index in [1.54, 1.807) is 10.8 Å². The van der Waals surface area contributed by atoms with Crippen molar-refractivity contribution in [2.45, 2.75) is 6.61 Å². The second kappa shape index (κ2) is 9.26. The van der Waals surface area contributed by atoms with Gasteiger partial charge in [0.15, 0.2) is 0 Å². The summed E-state index contributed by atoms with van der Waals surface area (Å²) < 4.78 is 7.62. The Hall–Kier alpha value is -4.61. The van der Waals surface area contributed by atoms with Crippen LogP contribution in [0, 0.1) is 17.9 Å². The van der Waals surface area contributed by atoms with E-state index in [0.717, 1.165) is 22.6 Å². The first-order valence-corrected chi connectivity index (χ1v) is 9.68. The predicted octanol–water partition coefficient (Wildman–Crippen LogP) is 5.90. The molecule has 0 saturated heterocycles. The number of hydrogen-bond acceptors (Lipinski definition) is 3. The Labute approximate surface area is 180 Å². The van der Waals surface area contributed by atoms with Crippen LogP contribution in [0.5, 0.6) is 5.75 Å². The average Bonchev–Trinajstić information content (AvgIpc) is 3.26. The van der Waals surface area contributed by atoms with Gasteiger partial charge in [-0.05, 0) is 48.0 Å². The summed E-state index contributed by atoms with van der Waals surface area (Å²) >= 11 is 0. The molecule has 0 aliphatic carbocycles. The van der Waals surface area contributed by atoms with Crippen molar-refractivity contribution < 1.29 is 4.74 Å². The van der Waals surface area contributed by atoms with Gasteiger partial charge in [0, 0.05) is 17.3 Å². The summed E-state index contributed by atoms with van der Waals surface area (Å²) in [6, 6.07) is 29.3. The summed E-state index contributed by atoms with van der Waals surface area (Å²) in [6.07, 6.45) is 3.39. The summed E-state index contributed by atoms with van der Waals surface area (Å²) in [5, 5.41) is 13.9. The number of rotatable bonds is 6. The largest absolute Gasteiger partial charge is 0.489 e. The van der Waals surface area contributed by atoms with E-state index in [1.807, 2.05) is 97.2 Å². The van der Waals surface area contributed by atoms with Gasteiger partial charge in [-0.3, -0.25) is 0 Å². The van der Waals surface area contributed by atoms with Crippen molar-refractivity contribution in [1.82, 2.24) is 9.78 Å². The normalized spacial score (nSPS) is 10.8. The summed E-state index contributed by atoms with van der Waals surface area (Å²) in [5.74, 6) is 0.756. The summed E-state index contributed by atoms with van der Waals surface area (Å²) in [5.41, 5.74) is 4.27. The quantitative estimate of drug-likeness (QED) is 0.298. The van der Waals surface area contributed by atoms with Crippen molar-refractivity contribution in [2.24, 2.45) is 0 Å². The molecule has 0 saturated carbocycles. The minimum Gasteiger partial charge on any atom is -0.489 e. The minimum atomic E-state index is 0.0108. The van der Waals surface area contributed by atoms with E-state index in [1.165, 1.54) is 0 Å². The molecule has 31 heavy (non-hydrogen) atoms. The summed E-state index contributed by atoms with van der Waals surface area (Å²) in [6.45, 7) is 7.68. The van der Waals surface area contributed by atoms with Crippen LogP contribution < -0.4 is 4.74 Å². The van der Waals surface area contributed by atoms with Gasteiger partial charge in [0.1, 0.15) is 12.4 Å². The van der Waals surface area contributed by atoms with Gasteiger partial charge in [0.25, 0.3) is 5.70 Å². The van der Waals surface area contributed by atoms with Gasteiger partial charge in [-0.25, -0.2) is 14.8 Å². The molecule has 0 amide bonds. The Bertz CT molecular complexity index is 1260. The maximum atomic E-state index is 9.19. The number of aromatic nitrogens is 2. The SMILES string of the molecule is [C-]#[N+]/C(C#N)=C/c1cn(-c2ccccc2)nc1-c1ccc(OCc2ccccc2)cc1. The Kier molecular flexibility index (Phi) is 5.88. The van der Waals surface area contributed by atoms with E-state index in [4.69, 9.17) is 16.4 Å². The third kappa shape index (κ3) is 4.70. The number of benzene rings is 3. The molecular formula is C26H18N4O. The lowest BCUT2D eigenvalue weighted by Crippen LogP contribution is -1.95. The molecule has 0 aliphatic rings. The molecule has 5 heteroatoms. The highest BCUT2D eigenvalue weighted by atomic mass is 16.5. The van der Waals surface area contributed by atoms with Crippen molar-refractivity contribution in [3.8, 4) is 28.8 Å². The molecule has 3 aromatic carbocycles. The zero-order valence-corrected chi connectivity index (χ0v) is 16.6. The lowest BCUT2D eigenvalue weighted by molar-refractivity contribution is 0.306. The zero-order chi connectivity index (χ0) is 21.5. The van der Waals surface area contributed by atoms with Crippen LogP contribution in [0.2, 0.25) is 0 Å². The van der Waals surface area contributed by atoms with E-state index < -0.39 is 0 Å². The molecular weight excluding hydrogens is 384 g/mol. The standard InChI is InChI=1S/C26H18N4O/c1-28-23(17-27)16-22-18-30(24-10-6-3-7-11-24)29-26(22)21-12-14-25(15-13-21)31-19-20-8-4-2-5-9-20/h2-16,18H,19H2/b23-16+. The van der Waals surface area contributed by atoms with Crippen LogP contribution in [0.1, 0.15) is 11.1 Å². The Morgan fingerprint density at radius 3 is 2.32 bits per heavy atom. The first kappa shape index (κ1) is 19.7. The number of hydrogen-bond donors (Lipinski definition) is 0. The third-order valence-corrected chi connectivity index (χ3v) is 4.67. The van der Waals surface area contributed by atoms with Crippen LogP contribution >= 0.6 is 0 Å². The maximum absolute atomic E-state index is 9.19. The van der Waals surface area contributed by atoms with E-state index in [9.17, 15) is 5.26 Å². The highest BCUT2D eigenvalue weighted by Crippen LogP contribution is 2.28. The lowest BCUT2D eigenvalue weighted by Gasteiger charge is -2.07. The Morgan fingerprint density at radius 1 is 1.00 bits per heavy atom. The molecule has 0 radical (unpaired) electrons. The molecule has 0 N–H and O–H groups in total. The van der Waals surface area contributed by atoms with Gasteiger partial charge in [-0.2, -0.15) is 5.10 Å². The second-order valence-corrected chi connectivity index (χ2v) is 6.77. The zero-order valence-electron chi connectivity index (χ0n) is 16.6. The fourth-order valence-corrected chi connectivity index (χ4v) is 3.12. The van der Waals surface area contributed by atoms with Crippen LogP contribution in [0.4, 0.5) is 0 Å². The maximum Gasteiger partial charge on any atom is 0.262 e. The smallest absolute Gasteiger partial charge is 0.262 e. The molecule has 0 aliphatic heterocycles. The molecule has 148 valence electrons. The fraction of sp³-hybridized carbons (Fsp3) is 0.0385. The summed E-state index contributed by atoms with van der Waals surface area (Å²) in [4.78, 5) is 3.28. The van der Waals surface area contributed by atoms with E-state index in [-0.39, 0.29) is 5.70 Å². The summed E-state index contributed by atoms with van der Waals surface area (Å²) in [7, 11) is 0. The molecule has 0 bridgehead atoms. The van der Waals surface area contributed by atoms with Crippen LogP contribution in [0.25, 0.3) is 27.9 Å². The number of nitrogens with zero attached hydrogens (tertiary/aromatic N) is 4. The van der Waals surface area contributed by atoms with Crippen molar-refractivity contribution in [3.63, 3.8) is 0 Å². The van der Waals surface area contributed by atoms with Crippen LogP contribution in [0.15, 0.2) is 96.8 Å². The van der Waals surface area contributed by atoms with Crippen LogP contribution in [-0.2, 0) is 6.61 Å². The topological polar surface area (TPSA) is 55.2 Å². The number of allylic oxidation sites excluding steroid dienone is 1. The van der Waals surface area contributed by atoms with Gasteiger partial charge in [-0.1, -0.05) is 48.5 Å². The van der Waals surface area contributed by atoms with E-state index in [2.05, 4.69) is 4.85 Å². The third-order valence-electron chi connectivity index (χ3n) is 4.67. The molecule has 5 nitrogen and oxygen atoms in total. The van der Waals surface area contributed by atoms with Crippen molar-refractivity contribution in [3.05, 3.63) is 119 Å². The second-order valence-electron chi connectivity index (χ2n) is 6.77. The van der Waals surface area contributed by atoms with Gasteiger partial charge >= 0.3 is 0 Å². The van der Waals surface area contributed by atoms with E-state index >= 15 is 0 Å². The molecule has 0 fully saturated rings. The first-order valence-electron chi connectivity index (χ1n) is 9.68. The first-order chi connectivity index (χ1) is 15.3. The monoisotopic (exact) mass is 402 g/mol. The number of ether oxygens (including phenoxy) is 1. The van der Waals surface area contributed by atoms with Crippen molar-refractivity contribution in [1.29, 1.82) is 5.26 Å². The van der Waals surface area contributed by atoms with Gasteiger partial charge in [-0.15, -0.1) is 0 Å². The molecule has 1 aromatic heterocycles. The van der Waals surface area contributed by atoms with Crippen LogP contribution in [0.3, 0.4) is 0 Å². The molecule has 1 heterocycles. The van der Waals surface area contributed by atoms with Gasteiger partial charge in [0.05, 0.1) is 24.0 Å². The van der Waals surface area contributed by atoms with Crippen molar-refractivity contribution in [2.75, 3.05) is 0 Å². The highest BCUT2D eigenvalue weighted by Gasteiger charge is 2.12. The Morgan fingerprint density at radius 2 is 1.68 bits per heavy atom. The highest BCUT2D eigenvalue weighted by molar-refractivity contribution is 5.75. The van der Waals surface area contributed by atoms with E-state index in [0.29, 0.717) is 17.9 Å². The van der Waals surface area contributed by atoms with Crippen LogP contribution in [-0.4, -0.2) is 9.78 Å². The molecule has 4 aromatic rings. The predicted molar refractivity (Wildman–Crippen MR) is 120 cm³/mol. The van der Waals surface area contributed by atoms with Crippen molar-refractivity contribution >= 4 is 6.08 Å². The number of para-hydroxylation sites is 1. The Balaban J connectivity index is 1.64. The van der Waals surface area contributed by atoms with Gasteiger partial charge < -0.3 is 4.74 Å². The minimum absolute atomic E-state index is 0.0108. The average molecular weight is 402 g/mol. The molecule has 0 spiro atoms. The molecule has 0 atom stereocenters. The van der Waals surface area contributed by atoms with Gasteiger partial charge in [0.2, 0.25) is 0 Å². The lowest BCUT2D eigenvalue weighted by atomic mass is 10.1. The number of nitriles is 1. The molecule has 0 unspecified atom stereocenters. The molecule has 4 rings (SSSR count). The fourth-order valence-electron chi connectivity index (χ4n) is 3.12.